The standard InChI is InChI=1S/C15H19N3O4S/c19-12-1-4-16-14-18(12)9-11(10-23-14)13(20)17-5-2-15(3-6-17)21-7-8-22-15/h1,4,11H,2-3,5-10H2. The second-order valence-electron chi connectivity index (χ2n) is 6.12. The van der Waals surface area contributed by atoms with Gasteiger partial charge in [-0.1, -0.05) is 11.8 Å². The topological polar surface area (TPSA) is 73.7 Å². The Bertz CT molecular complexity index is 661. The van der Waals surface area contributed by atoms with Crippen molar-refractivity contribution in [3.63, 3.8) is 0 Å². The molecule has 1 unspecified atom stereocenters. The summed E-state index contributed by atoms with van der Waals surface area (Å²) >= 11 is 1.48. The molecule has 4 heterocycles. The minimum Gasteiger partial charge on any atom is -0.347 e. The molecule has 8 heteroatoms. The van der Waals surface area contributed by atoms with E-state index in [1.165, 1.54) is 24.0 Å². The zero-order valence-electron chi connectivity index (χ0n) is 12.8. The molecule has 7 nitrogen and oxygen atoms in total. The van der Waals surface area contributed by atoms with Gasteiger partial charge in [0, 0.05) is 50.5 Å². The van der Waals surface area contributed by atoms with E-state index in [0.29, 0.717) is 43.8 Å². The highest BCUT2D eigenvalue weighted by molar-refractivity contribution is 7.99. The predicted molar refractivity (Wildman–Crippen MR) is 83.2 cm³/mol. The van der Waals surface area contributed by atoms with Crippen LogP contribution in [0.4, 0.5) is 0 Å². The highest BCUT2D eigenvalue weighted by Crippen LogP contribution is 2.33. The van der Waals surface area contributed by atoms with Gasteiger partial charge in [0.2, 0.25) is 5.91 Å². The summed E-state index contributed by atoms with van der Waals surface area (Å²) in [6, 6.07) is 1.44. The number of hydrogen-bond acceptors (Lipinski definition) is 6. The molecule has 124 valence electrons. The van der Waals surface area contributed by atoms with Crippen LogP contribution in [0.2, 0.25) is 0 Å². The number of nitrogens with zero attached hydrogens (tertiary/aromatic N) is 3. The molecule has 0 bridgehead atoms. The van der Waals surface area contributed by atoms with Crippen molar-refractivity contribution in [3.8, 4) is 0 Å². The van der Waals surface area contributed by atoms with Gasteiger partial charge in [0.1, 0.15) is 0 Å². The molecule has 0 aliphatic carbocycles. The third-order valence-electron chi connectivity index (χ3n) is 4.72. The summed E-state index contributed by atoms with van der Waals surface area (Å²) in [6.07, 6.45) is 2.96. The normalized spacial score (nSPS) is 26.3. The number of ether oxygens (including phenoxy) is 2. The fourth-order valence-electron chi connectivity index (χ4n) is 3.41. The van der Waals surface area contributed by atoms with E-state index in [-0.39, 0.29) is 17.4 Å². The Kier molecular flexibility index (Phi) is 3.90. The van der Waals surface area contributed by atoms with E-state index in [2.05, 4.69) is 4.98 Å². The van der Waals surface area contributed by atoms with Crippen LogP contribution in [0.3, 0.4) is 0 Å². The molecule has 4 rings (SSSR count). The van der Waals surface area contributed by atoms with E-state index < -0.39 is 5.79 Å². The molecule has 0 aromatic carbocycles. The zero-order chi connectivity index (χ0) is 15.9. The summed E-state index contributed by atoms with van der Waals surface area (Å²) in [5.41, 5.74) is -0.0923. The van der Waals surface area contributed by atoms with Crippen LogP contribution in [0.1, 0.15) is 12.8 Å². The van der Waals surface area contributed by atoms with E-state index in [1.807, 2.05) is 4.90 Å². The number of aromatic nitrogens is 2. The Morgan fingerprint density at radius 3 is 2.78 bits per heavy atom. The second kappa shape index (κ2) is 5.92. The highest BCUT2D eigenvalue weighted by atomic mass is 32.2. The first-order valence-corrected chi connectivity index (χ1v) is 8.91. The molecule has 3 aliphatic rings. The average Bonchev–Trinajstić information content (AvgIpc) is 3.03. The molecule has 1 aromatic rings. The Balaban J connectivity index is 1.42. The van der Waals surface area contributed by atoms with E-state index in [9.17, 15) is 9.59 Å². The third kappa shape index (κ3) is 2.79. The number of rotatable bonds is 1. The number of carbonyl (C=O) groups excluding carboxylic acids is 1. The van der Waals surface area contributed by atoms with Crippen molar-refractivity contribution in [2.24, 2.45) is 5.92 Å². The molecule has 1 aromatic heterocycles. The van der Waals surface area contributed by atoms with Crippen LogP contribution < -0.4 is 5.56 Å². The van der Waals surface area contributed by atoms with Crippen molar-refractivity contribution in [2.75, 3.05) is 32.1 Å². The summed E-state index contributed by atoms with van der Waals surface area (Å²) in [5.74, 6) is 0.149. The molecule has 2 saturated heterocycles. The summed E-state index contributed by atoms with van der Waals surface area (Å²) < 4.78 is 13.0. The maximum absolute atomic E-state index is 12.8. The molecule has 3 aliphatic heterocycles. The van der Waals surface area contributed by atoms with Gasteiger partial charge in [-0.05, 0) is 0 Å². The lowest BCUT2D eigenvalue weighted by molar-refractivity contribution is -0.188. The number of carbonyl (C=O) groups is 1. The van der Waals surface area contributed by atoms with Crippen molar-refractivity contribution < 1.29 is 14.3 Å². The van der Waals surface area contributed by atoms with Crippen LogP contribution in [0.15, 0.2) is 22.2 Å². The minimum absolute atomic E-state index is 0.0923. The summed E-state index contributed by atoms with van der Waals surface area (Å²) in [6.45, 7) is 2.99. The second-order valence-corrected chi connectivity index (χ2v) is 7.10. The first kappa shape index (κ1) is 15.2. The lowest BCUT2D eigenvalue weighted by Gasteiger charge is -2.39. The monoisotopic (exact) mass is 337 g/mol. The number of thioether (sulfide) groups is 1. The Labute approximate surface area is 138 Å². The Hall–Kier alpha value is -1.38. The van der Waals surface area contributed by atoms with Crippen LogP contribution in [0.5, 0.6) is 0 Å². The van der Waals surface area contributed by atoms with Gasteiger partial charge in [0.15, 0.2) is 10.9 Å². The first-order valence-electron chi connectivity index (χ1n) is 7.92. The van der Waals surface area contributed by atoms with Gasteiger partial charge >= 0.3 is 0 Å². The van der Waals surface area contributed by atoms with Crippen LogP contribution in [0, 0.1) is 5.92 Å². The molecule has 1 amide bonds. The molecule has 0 saturated carbocycles. The molecule has 2 fully saturated rings. The van der Waals surface area contributed by atoms with Crippen molar-refractivity contribution >= 4 is 17.7 Å². The SMILES string of the molecule is O=C(C1CSc2nccc(=O)n2C1)N1CCC2(CC1)OCCO2. The smallest absolute Gasteiger partial charge is 0.254 e. The van der Waals surface area contributed by atoms with Gasteiger partial charge in [0.05, 0.1) is 19.1 Å². The van der Waals surface area contributed by atoms with Crippen LogP contribution in [-0.2, 0) is 20.8 Å². The lowest BCUT2D eigenvalue weighted by Crippen LogP contribution is -2.50. The Morgan fingerprint density at radius 2 is 2.04 bits per heavy atom. The van der Waals surface area contributed by atoms with Gasteiger partial charge in [-0.2, -0.15) is 0 Å². The van der Waals surface area contributed by atoms with E-state index >= 15 is 0 Å². The Morgan fingerprint density at radius 1 is 1.30 bits per heavy atom. The maximum Gasteiger partial charge on any atom is 0.254 e. The van der Waals surface area contributed by atoms with Gasteiger partial charge in [0.25, 0.3) is 5.56 Å². The molecule has 0 N–H and O–H groups in total. The van der Waals surface area contributed by atoms with E-state index in [4.69, 9.17) is 9.47 Å². The molecule has 1 atom stereocenters. The van der Waals surface area contributed by atoms with E-state index in [1.54, 1.807) is 4.57 Å². The van der Waals surface area contributed by atoms with Gasteiger partial charge in [-0.15, -0.1) is 0 Å². The summed E-state index contributed by atoms with van der Waals surface area (Å²) in [5, 5.41) is 0.701. The molecule has 1 spiro atoms. The largest absolute Gasteiger partial charge is 0.347 e. The number of piperidine rings is 1. The first-order chi connectivity index (χ1) is 11.2. The summed E-state index contributed by atoms with van der Waals surface area (Å²) in [7, 11) is 0. The molecular formula is C15H19N3O4S. The number of hydrogen-bond donors (Lipinski definition) is 0. The van der Waals surface area contributed by atoms with Crippen LogP contribution in [-0.4, -0.2) is 58.2 Å². The quantitative estimate of drug-likeness (QED) is 0.688. The van der Waals surface area contributed by atoms with Crippen molar-refractivity contribution in [3.05, 3.63) is 22.6 Å². The maximum atomic E-state index is 12.8. The average molecular weight is 337 g/mol. The predicted octanol–water partition coefficient (Wildman–Crippen LogP) is 0.331. The summed E-state index contributed by atoms with van der Waals surface area (Å²) in [4.78, 5) is 30.8. The molecular weight excluding hydrogens is 318 g/mol. The number of fused-ring (bicyclic) bond motifs is 1. The fourth-order valence-corrected chi connectivity index (χ4v) is 4.47. The van der Waals surface area contributed by atoms with Gasteiger partial charge < -0.3 is 14.4 Å². The minimum atomic E-state index is -0.467. The van der Waals surface area contributed by atoms with Crippen LogP contribution >= 0.6 is 11.8 Å². The van der Waals surface area contributed by atoms with Gasteiger partial charge in [-0.3, -0.25) is 14.2 Å². The zero-order valence-corrected chi connectivity index (χ0v) is 13.6. The third-order valence-corrected chi connectivity index (χ3v) is 5.87. The van der Waals surface area contributed by atoms with E-state index in [0.717, 1.165) is 12.8 Å². The fraction of sp³-hybridized carbons (Fsp3) is 0.667. The van der Waals surface area contributed by atoms with Crippen molar-refractivity contribution in [2.45, 2.75) is 30.3 Å². The van der Waals surface area contributed by atoms with Crippen molar-refractivity contribution in [1.29, 1.82) is 0 Å². The van der Waals surface area contributed by atoms with Crippen molar-refractivity contribution in [1.82, 2.24) is 14.5 Å². The molecule has 23 heavy (non-hydrogen) atoms. The number of likely N-dealkylation sites (tertiary alicyclic amines) is 1. The lowest BCUT2D eigenvalue weighted by atomic mass is 10.0. The molecule has 0 radical (unpaired) electrons. The highest BCUT2D eigenvalue weighted by Gasteiger charge is 2.42. The van der Waals surface area contributed by atoms with Gasteiger partial charge in [-0.25, -0.2) is 4.98 Å². The van der Waals surface area contributed by atoms with Crippen LogP contribution in [0.25, 0.3) is 0 Å². The number of amides is 1.